The number of nitrogens with one attached hydrogen (secondary N) is 1. The quantitative estimate of drug-likeness (QED) is 0.641. The van der Waals surface area contributed by atoms with E-state index in [2.05, 4.69) is 10.3 Å². The lowest BCUT2D eigenvalue weighted by molar-refractivity contribution is 0.528. The molecule has 1 saturated heterocycles. The highest BCUT2D eigenvalue weighted by molar-refractivity contribution is 5.16. The molecule has 1 aliphatic heterocycles. The summed E-state index contributed by atoms with van der Waals surface area (Å²) in [5.41, 5.74) is 0.704. The highest BCUT2D eigenvalue weighted by atomic mass is 19.1. The van der Waals surface area contributed by atoms with Gasteiger partial charge in [0.15, 0.2) is 0 Å². The lowest BCUT2D eigenvalue weighted by Crippen LogP contribution is -2.14. The minimum atomic E-state index is -0.336. The first-order valence-electron chi connectivity index (χ1n) is 4.22. The fourth-order valence-corrected chi connectivity index (χ4v) is 1.61. The molecular weight excluding hydrogens is 155 g/mol. The molecule has 2 heterocycles. The molecule has 12 heavy (non-hydrogen) atoms. The van der Waals surface area contributed by atoms with Gasteiger partial charge in [-0.05, 0) is 25.5 Å². The van der Waals surface area contributed by atoms with Gasteiger partial charge < -0.3 is 5.32 Å². The molecular formula is C9H11FN2. The minimum Gasteiger partial charge on any atom is -0.310 e. The number of rotatable bonds is 1. The van der Waals surface area contributed by atoms with Crippen LogP contribution in [0.5, 0.6) is 0 Å². The molecule has 1 N–H and O–H groups in total. The monoisotopic (exact) mass is 166 g/mol. The lowest BCUT2D eigenvalue weighted by Gasteiger charge is -2.09. The average molecular weight is 166 g/mol. The van der Waals surface area contributed by atoms with Gasteiger partial charge in [-0.1, -0.05) is 6.07 Å². The third kappa shape index (κ3) is 1.32. The molecule has 0 radical (unpaired) electrons. The van der Waals surface area contributed by atoms with Crippen molar-refractivity contribution in [1.29, 1.82) is 0 Å². The van der Waals surface area contributed by atoms with Crippen LogP contribution < -0.4 is 5.32 Å². The van der Waals surface area contributed by atoms with Crippen LogP contribution in [0, 0.1) is 5.95 Å². The zero-order valence-corrected chi connectivity index (χ0v) is 6.76. The van der Waals surface area contributed by atoms with Crippen molar-refractivity contribution in [3.63, 3.8) is 0 Å². The van der Waals surface area contributed by atoms with Gasteiger partial charge in [-0.3, -0.25) is 0 Å². The maximum Gasteiger partial charge on any atom is 0.217 e. The number of nitrogens with zero attached hydrogens (tertiary/aromatic N) is 1. The Kier molecular flexibility index (Phi) is 2.04. The van der Waals surface area contributed by atoms with Crippen molar-refractivity contribution in [3.05, 3.63) is 29.8 Å². The summed E-state index contributed by atoms with van der Waals surface area (Å²) in [6.07, 6.45) is 3.62. The largest absolute Gasteiger partial charge is 0.310 e. The second kappa shape index (κ2) is 3.19. The van der Waals surface area contributed by atoms with E-state index in [-0.39, 0.29) is 12.0 Å². The Bertz CT molecular complexity index is 269. The summed E-state index contributed by atoms with van der Waals surface area (Å²) < 4.78 is 13.1. The number of aromatic nitrogens is 1. The van der Waals surface area contributed by atoms with E-state index in [1.54, 1.807) is 12.1 Å². The van der Waals surface area contributed by atoms with E-state index >= 15 is 0 Å². The van der Waals surface area contributed by atoms with Crippen LogP contribution in [0.4, 0.5) is 4.39 Å². The zero-order chi connectivity index (χ0) is 8.39. The van der Waals surface area contributed by atoms with Crippen LogP contribution >= 0.6 is 0 Å². The van der Waals surface area contributed by atoms with Crippen molar-refractivity contribution in [3.8, 4) is 0 Å². The van der Waals surface area contributed by atoms with E-state index in [0.717, 1.165) is 19.4 Å². The van der Waals surface area contributed by atoms with Gasteiger partial charge in [0.05, 0.1) is 0 Å². The molecule has 2 nitrogen and oxygen atoms in total. The molecule has 0 bridgehead atoms. The fourth-order valence-electron chi connectivity index (χ4n) is 1.61. The van der Waals surface area contributed by atoms with Crippen molar-refractivity contribution in [2.75, 3.05) is 6.54 Å². The third-order valence-corrected chi connectivity index (χ3v) is 2.22. The molecule has 0 spiro atoms. The first kappa shape index (κ1) is 7.68. The Morgan fingerprint density at radius 2 is 2.50 bits per heavy atom. The predicted octanol–water partition coefficient (Wildman–Crippen LogP) is 1.65. The fraction of sp³-hybridized carbons (Fsp3) is 0.444. The lowest BCUT2D eigenvalue weighted by atomic mass is 10.1. The summed E-state index contributed by atoms with van der Waals surface area (Å²) in [5, 5.41) is 3.23. The normalized spacial score (nSPS) is 22.9. The van der Waals surface area contributed by atoms with Crippen LogP contribution in [-0.4, -0.2) is 11.5 Å². The summed E-state index contributed by atoms with van der Waals surface area (Å²) in [6, 6.07) is 3.75. The molecule has 1 aromatic rings. The molecule has 1 fully saturated rings. The van der Waals surface area contributed by atoms with Gasteiger partial charge in [-0.2, -0.15) is 4.39 Å². The van der Waals surface area contributed by atoms with Gasteiger partial charge >= 0.3 is 0 Å². The first-order chi connectivity index (χ1) is 5.88. The van der Waals surface area contributed by atoms with E-state index in [4.69, 9.17) is 0 Å². The average Bonchev–Trinajstić information content (AvgIpc) is 2.57. The van der Waals surface area contributed by atoms with Gasteiger partial charge in [0, 0.05) is 17.8 Å². The Hall–Kier alpha value is -0.960. The van der Waals surface area contributed by atoms with E-state index in [1.807, 2.05) is 0 Å². The Labute approximate surface area is 70.8 Å². The first-order valence-corrected chi connectivity index (χ1v) is 4.22. The van der Waals surface area contributed by atoms with Crippen LogP contribution in [0.15, 0.2) is 18.3 Å². The van der Waals surface area contributed by atoms with Crippen LogP contribution in [0.3, 0.4) is 0 Å². The molecule has 0 aliphatic carbocycles. The van der Waals surface area contributed by atoms with Gasteiger partial charge in [-0.25, -0.2) is 4.98 Å². The summed E-state index contributed by atoms with van der Waals surface area (Å²) in [7, 11) is 0. The number of pyridine rings is 1. The summed E-state index contributed by atoms with van der Waals surface area (Å²) in [6.45, 7) is 0.985. The molecule has 1 atom stereocenters. The highest BCUT2D eigenvalue weighted by Crippen LogP contribution is 2.23. The van der Waals surface area contributed by atoms with E-state index in [9.17, 15) is 4.39 Å². The second-order valence-electron chi connectivity index (χ2n) is 3.03. The van der Waals surface area contributed by atoms with Crippen molar-refractivity contribution in [1.82, 2.24) is 10.3 Å². The van der Waals surface area contributed by atoms with Crippen molar-refractivity contribution in [2.24, 2.45) is 0 Å². The molecule has 0 unspecified atom stereocenters. The summed E-state index contributed by atoms with van der Waals surface area (Å²) in [4.78, 5) is 3.62. The molecule has 1 aromatic heterocycles. The number of hydrogen-bond acceptors (Lipinski definition) is 2. The third-order valence-electron chi connectivity index (χ3n) is 2.22. The van der Waals surface area contributed by atoms with Gasteiger partial charge in [0.2, 0.25) is 5.95 Å². The molecule has 1 aliphatic rings. The van der Waals surface area contributed by atoms with Gasteiger partial charge in [0.25, 0.3) is 0 Å². The molecule has 0 saturated carbocycles. The Balaban J connectivity index is 2.26. The van der Waals surface area contributed by atoms with Crippen LogP contribution in [0.1, 0.15) is 24.4 Å². The zero-order valence-electron chi connectivity index (χ0n) is 6.76. The standard InChI is InChI=1S/C9H11FN2/c10-9-7(3-1-6-12-9)8-4-2-5-11-8/h1,3,6,8,11H,2,4-5H2/t8-/m1/s1. The molecule has 0 aromatic carbocycles. The van der Waals surface area contributed by atoms with Crippen LogP contribution in [0.2, 0.25) is 0 Å². The Morgan fingerprint density at radius 3 is 3.17 bits per heavy atom. The van der Waals surface area contributed by atoms with Gasteiger partial charge in [0.1, 0.15) is 0 Å². The van der Waals surface area contributed by atoms with E-state index < -0.39 is 0 Å². The number of halogens is 1. The van der Waals surface area contributed by atoms with Gasteiger partial charge in [-0.15, -0.1) is 0 Å². The topological polar surface area (TPSA) is 24.9 Å². The highest BCUT2D eigenvalue weighted by Gasteiger charge is 2.19. The SMILES string of the molecule is Fc1ncccc1[C@H]1CCCN1. The summed E-state index contributed by atoms with van der Waals surface area (Å²) in [5.74, 6) is -0.336. The minimum absolute atomic E-state index is 0.179. The van der Waals surface area contributed by atoms with Crippen LogP contribution in [-0.2, 0) is 0 Å². The van der Waals surface area contributed by atoms with Crippen molar-refractivity contribution < 1.29 is 4.39 Å². The van der Waals surface area contributed by atoms with Crippen molar-refractivity contribution >= 4 is 0 Å². The second-order valence-corrected chi connectivity index (χ2v) is 3.03. The Morgan fingerprint density at radius 1 is 1.58 bits per heavy atom. The smallest absolute Gasteiger partial charge is 0.217 e. The molecule has 2 rings (SSSR count). The molecule has 0 amide bonds. The maximum absolute atomic E-state index is 13.1. The van der Waals surface area contributed by atoms with E-state index in [1.165, 1.54) is 6.20 Å². The van der Waals surface area contributed by atoms with Crippen molar-refractivity contribution in [2.45, 2.75) is 18.9 Å². The molecule has 3 heteroatoms. The van der Waals surface area contributed by atoms with E-state index in [0.29, 0.717) is 5.56 Å². The predicted molar refractivity (Wildman–Crippen MR) is 44.2 cm³/mol. The van der Waals surface area contributed by atoms with Crippen LogP contribution in [0.25, 0.3) is 0 Å². The maximum atomic E-state index is 13.1. The summed E-state index contributed by atoms with van der Waals surface area (Å²) >= 11 is 0. The molecule has 64 valence electrons. The number of hydrogen-bond donors (Lipinski definition) is 1.